The molecule has 90 valence electrons. The van der Waals surface area contributed by atoms with Crippen molar-refractivity contribution in [3.63, 3.8) is 0 Å². The van der Waals surface area contributed by atoms with Gasteiger partial charge in [-0.05, 0) is 12.8 Å². The minimum atomic E-state index is 0.635. The predicted octanol–water partition coefficient (Wildman–Crippen LogP) is 4.72. The number of unbranched alkanes of at least 4 members (excludes halogenated alkanes) is 6. The molecule has 0 aliphatic carbocycles. The first-order valence-corrected chi connectivity index (χ1v) is 6.55. The molecule has 0 aromatic rings. The molecule has 1 atom stereocenters. The lowest BCUT2D eigenvalue weighted by molar-refractivity contribution is -0.0555. The maximum absolute atomic E-state index is 5.38. The third kappa shape index (κ3) is 8.68. The number of ether oxygens (including phenoxy) is 1. The molecule has 1 nitrogen and oxygen atoms in total. The van der Waals surface area contributed by atoms with Crippen LogP contribution in [0, 0.1) is 0 Å². The van der Waals surface area contributed by atoms with Crippen molar-refractivity contribution in [2.75, 3.05) is 6.61 Å². The molecule has 0 saturated carbocycles. The molecule has 1 fully saturated rings. The molecule has 1 unspecified atom stereocenters. The summed E-state index contributed by atoms with van der Waals surface area (Å²) in [7, 11) is 0. The minimum absolute atomic E-state index is 0.635. The minimum Gasteiger partial charge on any atom is -0.378 e. The van der Waals surface area contributed by atoms with E-state index in [9.17, 15) is 0 Å². The first-order valence-electron chi connectivity index (χ1n) is 6.55. The van der Waals surface area contributed by atoms with Gasteiger partial charge in [0.05, 0.1) is 6.10 Å². The molecule has 0 aromatic carbocycles. The Morgan fingerprint density at radius 2 is 1.53 bits per heavy atom. The van der Waals surface area contributed by atoms with Crippen LogP contribution in [-0.2, 0) is 4.74 Å². The van der Waals surface area contributed by atoms with E-state index in [1.165, 1.54) is 57.8 Å². The molecule has 0 radical (unpaired) electrons. The maximum Gasteiger partial charge on any atom is 0.0597 e. The van der Waals surface area contributed by atoms with E-state index in [1.54, 1.807) is 0 Å². The highest BCUT2D eigenvalue weighted by Crippen LogP contribution is 2.18. The van der Waals surface area contributed by atoms with Crippen LogP contribution in [0.5, 0.6) is 0 Å². The zero-order valence-corrected chi connectivity index (χ0v) is 10.5. The average molecular weight is 212 g/mol. The van der Waals surface area contributed by atoms with Crippen LogP contribution >= 0.6 is 0 Å². The van der Waals surface area contributed by atoms with Crippen molar-refractivity contribution in [1.82, 2.24) is 0 Å². The summed E-state index contributed by atoms with van der Waals surface area (Å²) in [6, 6.07) is 0. The molecule has 1 saturated heterocycles. The first-order chi connectivity index (χ1) is 7.43. The molecule has 0 N–H and O–H groups in total. The fraction of sp³-hybridized carbons (Fsp3) is 0.857. The summed E-state index contributed by atoms with van der Waals surface area (Å²) in [4.78, 5) is 0. The van der Waals surface area contributed by atoms with Gasteiger partial charge in [0.15, 0.2) is 0 Å². The Bertz CT molecular complexity index is 119. The van der Waals surface area contributed by atoms with Crippen LogP contribution in [0.15, 0.2) is 13.2 Å². The number of hydrogen-bond donors (Lipinski definition) is 0. The molecule has 1 aliphatic rings. The van der Waals surface area contributed by atoms with Gasteiger partial charge in [0.25, 0.3) is 0 Å². The Morgan fingerprint density at radius 3 is 2.00 bits per heavy atom. The topological polar surface area (TPSA) is 9.23 Å². The van der Waals surface area contributed by atoms with Gasteiger partial charge in [-0.1, -0.05) is 51.9 Å². The van der Waals surface area contributed by atoms with Crippen molar-refractivity contribution < 1.29 is 4.74 Å². The highest BCUT2D eigenvalue weighted by atomic mass is 16.5. The van der Waals surface area contributed by atoms with Gasteiger partial charge in [-0.3, -0.25) is 0 Å². The summed E-state index contributed by atoms with van der Waals surface area (Å²) in [6.45, 7) is 9.29. The molecular formula is C14H28O. The van der Waals surface area contributed by atoms with E-state index < -0.39 is 0 Å². The van der Waals surface area contributed by atoms with Gasteiger partial charge in [0.1, 0.15) is 0 Å². The summed E-state index contributed by atoms with van der Waals surface area (Å²) in [5.74, 6) is 0. The van der Waals surface area contributed by atoms with Crippen molar-refractivity contribution in [2.45, 2.75) is 70.8 Å². The Kier molecular flexibility index (Phi) is 11.5. The molecule has 1 aliphatic heterocycles. The van der Waals surface area contributed by atoms with E-state index in [-0.39, 0.29) is 0 Å². The van der Waals surface area contributed by atoms with Crippen LogP contribution < -0.4 is 0 Å². The molecule has 1 rings (SSSR count). The third-order valence-electron chi connectivity index (χ3n) is 2.92. The lowest BCUT2D eigenvalue weighted by atomic mass is 10.0. The lowest BCUT2D eigenvalue weighted by Gasteiger charge is -2.26. The summed E-state index contributed by atoms with van der Waals surface area (Å²) in [5.41, 5.74) is 0. The maximum atomic E-state index is 5.38. The van der Waals surface area contributed by atoms with Crippen molar-refractivity contribution in [2.24, 2.45) is 0 Å². The van der Waals surface area contributed by atoms with Gasteiger partial charge in [0, 0.05) is 6.61 Å². The van der Waals surface area contributed by atoms with Crippen molar-refractivity contribution in [1.29, 1.82) is 0 Å². The van der Waals surface area contributed by atoms with E-state index in [1.807, 2.05) is 0 Å². The fourth-order valence-electron chi connectivity index (χ4n) is 1.84. The van der Waals surface area contributed by atoms with Gasteiger partial charge < -0.3 is 4.74 Å². The molecular weight excluding hydrogens is 184 g/mol. The van der Waals surface area contributed by atoms with E-state index in [0.29, 0.717) is 6.10 Å². The summed E-state index contributed by atoms with van der Waals surface area (Å²) < 4.78 is 5.38. The van der Waals surface area contributed by atoms with Crippen LogP contribution in [0.2, 0.25) is 0 Å². The normalized spacial score (nSPS) is 18.9. The second kappa shape index (κ2) is 11.8. The summed E-state index contributed by atoms with van der Waals surface area (Å²) in [5, 5.41) is 0. The summed E-state index contributed by atoms with van der Waals surface area (Å²) in [6.07, 6.45) is 13.2. The Hall–Kier alpha value is -0.300. The van der Waals surface area contributed by atoms with E-state index in [0.717, 1.165) is 6.61 Å². The van der Waals surface area contributed by atoms with Gasteiger partial charge in [0.2, 0.25) is 0 Å². The van der Waals surface area contributed by atoms with Crippen LogP contribution in [0.3, 0.4) is 0 Å². The van der Waals surface area contributed by atoms with E-state index in [2.05, 4.69) is 20.1 Å². The zero-order valence-electron chi connectivity index (χ0n) is 10.5. The SMILES string of the molecule is C=C.CCCCCCCCCC1CCO1. The van der Waals surface area contributed by atoms with Gasteiger partial charge in [-0.25, -0.2) is 0 Å². The average Bonchev–Trinajstić information content (AvgIpc) is 2.22. The Labute approximate surface area is 95.9 Å². The first kappa shape index (κ1) is 14.7. The Balaban J connectivity index is 0.000000921. The molecule has 0 spiro atoms. The second-order valence-electron chi connectivity index (χ2n) is 4.19. The Morgan fingerprint density at radius 1 is 1.00 bits per heavy atom. The molecule has 15 heavy (non-hydrogen) atoms. The monoisotopic (exact) mass is 212 g/mol. The second-order valence-corrected chi connectivity index (χ2v) is 4.19. The number of rotatable bonds is 8. The third-order valence-corrected chi connectivity index (χ3v) is 2.92. The van der Waals surface area contributed by atoms with Crippen molar-refractivity contribution in [3.8, 4) is 0 Å². The standard InChI is InChI=1S/C12H24O.C2H4/c1-2-3-4-5-6-7-8-9-12-10-11-13-12;1-2/h12H,2-11H2,1H3;1-2H2. The largest absolute Gasteiger partial charge is 0.378 e. The van der Waals surface area contributed by atoms with Gasteiger partial charge in [-0.15, -0.1) is 13.2 Å². The zero-order chi connectivity index (χ0) is 11.4. The smallest absolute Gasteiger partial charge is 0.0597 e. The predicted molar refractivity (Wildman–Crippen MR) is 68.2 cm³/mol. The van der Waals surface area contributed by atoms with Crippen LogP contribution in [0.4, 0.5) is 0 Å². The van der Waals surface area contributed by atoms with Crippen LogP contribution in [-0.4, -0.2) is 12.7 Å². The highest BCUT2D eigenvalue weighted by Gasteiger charge is 2.16. The van der Waals surface area contributed by atoms with E-state index >= 15 is 0 Å². The fourth-order valence-corrected chi connectivity index (χ4v) is 1.84. The van der Waals surface area contributed by atoms with Crippen LogP contribution in [0.25, 0.3) is 0 Å². The van der Waals surface area contributed by atoms with E-state index in [4.69, 9.17) is 4.74 Å². The lowest BCUT2D eigenvalue weighted by Crippen LogP contribution is -2.26. The molecule has 1 heteroatoms. The molecule has 0 bridgehead atoms. The summed E-state index contributed by atoms with van der Waals surface area (Å²) >= 11 is 0. The molecule has 0 aromatic heterocycles. The quantitative estimate of drug-likeness (QED) is 0.418. The molecule has 0 amide bonds. The van der Waals surface area contributed by atoms with Crippen molar-refractivity contribution in [3.05, 3.63) is 13.2 Å². The van der Waals surface area contributed by atoms with Crippen LogP contribution in [0.1, 0.15) is 64.7 Å². The van der Waals surface area contributed by atoms with Gasteiger partial charge >= 0.3 is 0 Å². The van der Waals surface area contributed by atoms with Gasteiger partial charge in [-0.2, -0.15) is 0 Å². The number of hydrogen-bond acceptors (Lipinski definition) is 1. The molecule has 1 heterocycles. The van der Waals surface area contributed by atoms with Crippen molar-refractivity contribution >= 4 is 0 Å². The highest BCUT2D eigenvalue weighted by molar-refractivity contribution is 4.65.